The van der Waals surface area contributed by atoms with Gasteiger partial charge in [0.15, 0.2) is 11.4 Å². The smallest absolute Gasteiger partial charge is 0.215 e. The maximum atomic E-state index is 6.23. The van der Waals surface area contributed by atoms with Crippen LogP contribution in [0.15, 0.2) is 60.8 Å². The van der Waals surface area contributed by atoms with Gasteiger partial charge in [-0.1, -0.05) is 23.7 Å². The van der Waals surface area contributed by atoms with E-state index >= 15 is 0 Å². The fourth-order valence-corrected chi connectivity index (χ4v) is 3.40. The molecule has 0 radical (unpaired) electrons. The summed E-state index contributed by atoms with van der Waals surface area (Å²) >= 11 is 6.23. The average Bonchev–Trinajstić information content (AvgIpc) is 2.74. The van der Waals surface area contributed by atoms with Crippen LogP contribution in [0.3, 0.4) is 0 Å². The predicted molar refractivity (Wildman–Crippen MR) is 104 cm³/mol. The number of nitrogens with zero attached hydrogens (tertiary/aromatic N) is 1. The van der Waals surface area contributed by atoms with Gasteiger partial charge in [0, 0.05) is 35.3 Å². The lowest BCUT2D eigenvalue weighted by molar-refractivity contribution is -0.379. The Bertz CT molecular complexity index is 871. The molecule has 122 valence electrons. The lowest BCUT2D eigenvalue weighted by atomic mass is 9.81. The monoisotopic (exact) mass is 337 g/mol. The molecule has 3 rings (SSSR count). The summed E-state index contributed by atoms with van der Waals surface area (Å²) in [6.45, 7) is 10.6. The van der Waals surface area contributed by atoms with E-state index < -0.39 is 0 Å². The van der Waals surface area contributed by atoms with Crippen LogP contribution in [0.5, 0.6) is 0 Å². The van der Waals surface area contributed by atoms with Gasteiger partial charge in [-0.3, -0.25) is 0 Å². The molecular formula is C21H22ClN2+. The van der Waals surface area contributed by atoms with Gasteiger partial charge in [-0.15, -0.1) is 0 Å². The molecule has 1 aliphatic rings. The van der Waals surface area contributed by atoms with Gasteiger partial charge in [-0.25, -0.2) is 0 Å². The highest BCUT2D eigenvalue weighted by atomic mass is 35.5. The number of allylic oxidation sites excluding steroid dienone is 2. The molecule has 0 saturated carbocycles. The predicted octanol–water partition coefficient (Wildman–Crippen LogP) is 5.55. The quantitative estimate of drug-likeness (QED) is 0.577. The Hall–Kier alpha value is -2.32. The Labute approximate surface area is 148 Å². The summed E-state index contributed by atoms with van der Waals surface area (Å²) in [7, 11) is 0. The van der Waals surface area contributed by atoms with Crippen molar-refractivity contribution >= 4 is 34.8 Å². The number of benzene rings is 2. The Morgan fingerprint density at radius 3 is 2.42 bits per heavy atom. The van der Waals surface area contributed by atoms with E-state index in [9.17, 15) is 0 Å². The molecule has 0 aliphatic carbocycles. The topological polar surface area (TPSA) is 29.0 Å². The Morgan fingerprint density at radius 1 is 1.12 bits per heavy atom. The number of fused-ring (bicyclic) bond motifs is 1. The molecule has 0 unspecified atom stereocenters. The maximum absolute atomic E-state index is 6.23. The van der Waals surface area contributed by atoms with Gasteiger partial charge < -0.3 is 5.73 Å². The standard InChI is InChI=1S/C21H21ClN2/c1-14(2)24-19-11-8-16(22)13-18(19)21(3,4)20(24)12-7-15-5-9-17(23)10-6-15/h5-13,23H,1H2,2-4H3/p+1. The summed E-state index contributed by atoms with van der Waals surface area (Å²) in [5.74, 6) is 0. The van der Waals surface area contributed by atoms with Crippen LogP contribution in [0.4, 0.5) is 11.4 Å². The van der Waals surface area contributed by atoms with Crippen LogP contribution in [0.2, 0.25) is 5.02 Å². The normalized spacial score (nSPS) is 15.8. The van der Waals surface area contributed by atoms with Crippen molar-refractivity contribution in [2.75, 3.05) is 5.73 Å². The van der Waals surface area contributed by atoms with Crippen molar-refractivity contribution in [2.45, 2.75) is 26.2 Å². The first-order valence-corrected chi connectivity index (χ1v) is 8.35. The van der Waals surface area contributed by atoms with Gasteiger partial charge in [-0.05, 0) is 56.3 Å². The third-order valence-electron chi connectivity index (χ3n) is 4.51. The molecule has 0 fully saturated rings. The zero-order chi connectivity index (χ0) is 17.5. The summed E-state index contributed by atoms with van der Waals surface area (Å²) in [6, 6.07) is 13.9. The molecular weight excluding hydrogens is 316 g/mol. The molecule has 2 aromatic rings. The third kappa shape index (κ3) is 2.78. The summed E-state index contributed by atoms with van der Waals surface area (Å²) < 4.78 is 2.21. The number of nitrogen functional groups attached to an aromatic ring is 1. The first-order chi connectivity index (χ1) is 11.3. The second kappa shape index (κ2) is 5.95. The molecule has 2 nitrogen and oxygen atoms in total. The zero-order valence-electron chi connectivity index (χ0n) is 14.3. The van der Waals surface area contributed by atoms with Gasteiger partial charge in [0.2, 0.25) is 5.69 Å². The van der Waals surface area contributed by atoms with Crippen molar-refractivity contribution in [3.63, 3.8) is 0 Å². The Balaban J connectivity index is 2.12. The minimum absolute atomic E-state index is 0.149. The SMILES string of the molecule is C=C(C)[N+]1=C(/C=C\c2ccc(N)cc2)C(C)(C)c2cc(Cl)ccc21. The lowest BCUT2D eigenvalue weighted by Crippen LogP contribution is -2.27. The van der Waals surface area contributed by atoms with Crippen molar-refractivity contribution in [3.05, 3.63) is 77.0 Å². The van der Waals surface area contributed by atoms with Gasteiger partial charge in [0.25, 0.3) is 0 Å². The molecule has 2 N–H and O–H groups in total. The Kier molecular flexibility index (Phi) is 4.10. The van der Waals surface area contributed by atoms with Gasteiger partial charge >= 0.3 is 0 Å². The van der Waals surface area contributed by atoms with Gasteiger partial charge in [-0.2, -0.15) is 4.58 Å². The molecule has 0 aromatic heterocycles. The number of hydrogen-bond acceptors (Lipinski definition) is 1. The van der Waals surface area contributed by atoms with E-state index in [0.29, 0.717) is 0 Å². The van der Waals surface area contributed by atoms with E-state index in [1.165, 1.54) is 11.3 Å². The molecule has 0 amide bonds. The number of halogens is 1. The van der Waals surface area contributed by atoms with Crippen molar-refractivity contribution in [3.8, 4) is 0 Å². The fraction of sp³-hybridized carbons (Fsp3) is 0.190. The van der Waals surface area contributed by atoms with Gasteiger partial charge in [0.1, 0.15) is 0 Å². The molecule has 1 heterocycles. The van der Waals surface area contributed by atoms with Crippen LogP contribution in [-0.2, 0) is 5.41 Å². The van der Waals surface area contributed by atoms with Crippen molar-refractivity contribution < 1.29 is 4.58 Å². The van der Waals surface area contributed by atoms with Crippen LogP contribution in [0.25, 0.3) is 6.08 Å². The summed E-state index contributed by atoms with van der Waals surface area (Å²) in [6.07, 6.45) is 4.27. The Morgan fingerprint density at radius 2 is 1.79 bits per heavy atom. The molecule has 1 aliphatic heterocycles. The minimum atomic E-state index is -0.149. The highest BCUT2D eigenvalue weighted by Crippen LogP contribution is 2.42. The molecule has 2 aromatic carbocycles. The molecule has 0 saturated heterocycles. The van der Waals surface area contributed by atoms with Crippen LogP contribution < -0.4 is 5.73 Å². The second-order valence-corrected chi connectivity index (χ2v) is 7.18. The summed E-state index contributed by atoms with van der Waals surface area (Å²) in [5, 5.41) is 0.757. The van der Waals surface area contributed by atoms with E-state index in [4.69, 9.17) is 17.3 Å². The number of anilines is 1. The lowest BCUT2D eigenvalue weighted by Gasteiger charge is -2.15. The van der Waals surface area contributed by atoms with Crippen molar-refractivity contribution in [1.82, 2.24) is 0 Å². The average molecular weight is 338 g/mol. The molecule has 3 heteroatoms. The molecule has 24 heavy (non-hydrogen) atoms. The van der Waals surface area contributed by atoms with Crippen LogP contribution in [0.1, 0.15) is 31.9 Å². The molecule has 0 bridgehead atoms. The van der Waals surface area contributed by atoms with Crippen LogP contribution in [0, 0.1) is 0 Å². The fourth-order valence-electron chi connectivity index (χ4n) is 3.23. The largest absolute Gasteiger partial charge is 0.399 e. The van der Waals surface area contributed by atoms with E-state index in [-0.39, 0.29) is 5.41 Å². The number of rotatable bonds is 3. The highest BCUT2D eigenvalue weighted by molar-refractivity contribution is 6.30. The molecule has 0 spiro atoms. The summed E-state index contributed by atoms with van der Waals surface area (Å²) in [4.78, 5) is 0. The van der Waals surface area contributed by atoms with E-state index in [1.54, 1.807) is 0 Å². The second-order valence-electron chi connectivity index (χ2n) is 6.74. The van der Waals surface area contributed by atoms with Crippen molar-refractivity contribution in [2.24, 2.45) is 0 Å². The van der Waals surface area contributed by atoms with E-state index in [2.05, 4.69) is 49.3 Å². The first-order valence-electron chi connectivity index (χ1n) is 7.97. The number of hydrogen-bond donors (Lipinski definition) is 1. The number of nitrogens with two attached hydrogens (primary N) is 1. The van der Waals surface area contributed by atoms with E-state index in [0.717, 1.165) is 27.7 Å². The molecule has 0 atom stereocenters. The third-order valence-corrected chi connectivity index (χ3v) is 4.74. The van der Waals surface area contributed by atoms with Crippen LogP contribution >= 0.6 is 11.6 Å². The van der Waals surface area contributed by atoms with Gasteiger partial charge in [0.05, 0.1) is 5.41 Å². The van der Waals surface area contributed by atoms with Crippen molar-refractivity contribution in [1.29, 1.82) is 0 Å². The summed E-state index contributed by atoms with van der Waals surface area (Å²) in [5.41, 5.74) is 12.0. The highest BCUT2D eigenvalue weighted by Gasteiger charge is 2.45. The zero-order valence-corrected chi connectivity index (χ0v) is 15.1. The van der Waals surface area contributed by atoms with E-state index in [1.807, 2.05) is 37.3 Å². The van der Waals surface area contributed by atoms with Crippen LogP contribution in [-0.4, -0.2) is 10.3 Å². The minimum Gasteiger partial charge on any atom is -0.399 e. The maximum Gasteiger partial charge on any atom is 0.215 e. The first kappa shape index (κ1) is 16.5.